The molecule has 0 radical (unpaired) electrons. The van der Waals surface area contributed by atoms with Crippen molar-refractivity contribution in [2.45, 2.75) is 46.7 Å². The number of hydrogen-bond acceptors (Lipinski definition) is 3. The number of halogens is 1. The Morgan fingerprint density at radius 2 is 1.64 bits per heavy atom. The van der Waals surface area contributed by atoms with E-state index in [1.165, 1.54) is 0 Å². The first-order valence-electron chi connectivity index (χ1n) is 12.3. The van der Waals surface area contributed by atoms with Gasteiger partial charge >= 0.3 is 0 Å². The maximum Gasteiger partial charge on any atom is 0.261 e. The summed E-state index contributed by atoms with van der Waals surface area (Å²) in [5.74, 6) is 0.510. The van der Waals surface area contributed by atoms with Gasteiger partial charge in [0.1, 0.15) is 11.8 Å². The molecule has 0 aliphatic carbocycles. The maximum absolute atomic E-state index is 13.6. The molecule has 36 heavy (non-hydrogen) atoms. The van der Waals surface area contributed by atoms with Crippen LogP contribution in [0.5, 0.6) is 5.75 Å². The summed E-state index contributed by atoms with van der Waals surface area (Å²) in [6.07, 6.45) is 0.396. The number of aryl methyl sites for hydroxylation is 2. The zero-order chi connectivity index (χ0) is 26.1. The Balaban J connectivity index is 1.90. The van der Waals surface area contributed by atoms with Crippen LogP contribution in [0.25, 0.3) is 0 Å². The van der Waals surface area contributed by atoms with Crippen molar-refractivity contribution in [3.05, 3.63) is 100 Å². The Labute approximate surface area is 219 Å². The molecule has 3 rings (SSSR count). The zero-order valence-corrected chi connectivity index (χ0v) is 22.2. The van der Waals surface area contributed by atoms with E-state index < -0.39 is 6.04 Å². The fourth-order valence-corrected chi connectivity index (χ4v) is 4.07. The van der Waals surface area contributed by atoms with Gasteiger partial charge in [0, 0.05) is 24.5 Å². The van der Waals surface area contributed by atoms with Gasteiger partial charge in [-0.1, -0.05) is 85.6 Å². The summed E-state index contributed by atoms with van der Waals surface area (Å²) in [6, 6.07) is 22.2. The highest BCUT2D eigenvalue weighted by molar-refractivity contribution is 6.30. The van der Waals surface area contributed by atoms with Crippen LogP contribution in [0.3, 0.4) is 0 Å². The minimum Gasteiger partial charge on any atom is -0.483 e. The average Bonchev–Trinajstić information content (AvgIpc) is 2.85. The highest BCUT2D eigenvalue weighted by Crippen LogP contribution is 2.20. The normalized spacial score (nSPS) is 11.7. The number of benzene rings is 3. The fraction of sp³-hybridized carbons (Fsp3) is 0.333. The second-order valence-corrected chi connectivity index (χ2v) is 9.99. The van der Waals surface area contributed by atoms with Crippen LogP contribution >= 0.6 is 11.6 Å². The third kappa shape index (κ3) is 8.13. The molecule has 1 atom stereocenters. The number of hydrogen-bond donors (Lipinski definition) is 1. The van der Waals surface area contributed by atoms with E-state index >= 15 is 0 Å². The van der Waals surface area contributed by atoms with Gasteiger partial charge in [-0.25, -0.2) is 0 Å². The van der Waals surface area contributed by atoms with Gasteiger partial charge in [-0.15, -0.1) is 0 Å². The molecule has 3 aromatic rings. The highest BCUT2D eigenvalue weighted by Gasteiger charge is 2.30. The summed E-state index contributed by atoms with van der Waals surface area (Å²) < 4.78 is 5.93. The topological polar surface area (TPSA) is 58.6 Å². The molecular weight excluding hydrogens is 472 g/mol. The summed E-state index contributed by atoms with van der Waals surface area (Å²) in [5, 5.41) is 3.64. The Morgan fingerprint density at radius 3 is 2.28 bits per heavy atom. The third-order valence-electron chi connectivity index (χ3n) is 5.90. The minimum absolute atomic E-state index is 0.166. The van der Waals surface area contributed by atoms with Gasteiger partial charge in [-0.05, 0) is 54.7 Å². The first-order valence-corrected chi connectivity index (χ1v) is 12.7. The lowest BCUT2D eigenvalue weighted by molar-refractivity contribution is -0.142. The van der Waals surface area contributed by atoms with Crippen molar-refractivity contribution in [3.63, 3.8) is 0 Å². The van der Waals surface area contributed by atoms with Gasteiger partial charge in [0.2, 0.25) is 5.91 Å². The van der Waals surface area contributed by atoms with Crippen LogP contribution in [-0.2, 0) is 22.6 Å². The molecule has 0 aliphatic rings. The third-order valence-corrected chi connectivity index (χ3v) is 6.16. The van der Waals surface area contributed by atoms with Gasteiger partial charge in [0.25, 0.3) is 5.91 Å². The molecule has 0 aromatic heterocycles. The second kappa shape index (κ2) is 13.1. The van der Waals surface area contributed by atoms with E-state index in [0.29, 0.717) is 29.7 Å². The van der Waals surface area contributed by atoms with Crippen LogP contribution in [0.1, 0.15) is 36.1 Å². The van der Waals surface area contributed by atoms with Gasteiger partial charge in [0.15, 0.2) is 6.61 Å². The Hall–Kier alpha value is -3.31. The lowest BCUT2D eigenvalue weighted by Crippen LogP contribution is -2.52. The lowest BCUT2D eigenvalue weighted by atomic mass is 10.0. The first kappa shape index (κ1) is 27.3. The molecule has 190 valence electrons. The number of nitrogens with one attached hydrogen (secondary N) is 1. The molecule has 0 saturated heterocycles. The van der Waals surface area contributed by atoms with Crippen molar-refractivity contribution in [2.24, 2.45) is 5.92 Å². The van der Waals surface area contributed by atoms with Crippen LogP contribution < -0.4 is 10.1 Å². The number of amides is 2. The average molecular weight is 507 g/mol. The molecule has 0 bridgehead atoms. The molecule has 2 amide bonds. The largest absolute Gasteiger partial charge is 0.483 e. The summed E-state index contributed by atoms with van der Waals surface area (Å²) in [4.78, 5) is 28.7. The first-order chi connectivity index (χ1) is 17.2. The lowest BCUT2D eigenvalue weighted by Gasteiger charge is -2.32. The van der Waals surface area contributed by atoms with E-state index in [0.717, 1.165) is 22.3 Å². The second-order valence-electron chi connectivity index (χ2n) is 9.55. The Morgan fingerprint density at radius 1 is 0.944 bits per heavy atom. The van der Waals surface area contributed by atoms with E-state index in [9.17, 15) is 9.59 Å². The molecule has 0 heterocycles. The Kier molecular flexibility index (Phi) is 9.95. The van der Waals surface area contributed by atoms with E-state index in [1.54, 1.807) is 17.0 Å². The van der Waals surface area contributed by atoms with Crippen LogP contribution in [0.15, 0.2) is 72.8 Å². The molecule has 0 aliphatic heterocycles. The minimum atomic E-state index is -0.697. The molecule has 6 heteroatoms. The van der Waals surface area contributed by atoms with Gasteiger partial charge in [-0.2, -0.15) is 0 Å². The van der Waals surface area contributed by atoms with E-state index in [-0.39, 0.29) is 25.0 Å². The predicted molar refractivity (Wildman–Crippen MR) is 145 cm³/mol. The van der Waals surface area contributed by atoms with Crippen LogP contribution in [0, 0.1) is 19.8 Å². The molecule has 0 fully saturated rings. The SMILES string of the molecule is Cc1ccc(OCC(=O)N(Cc2ccc(Cl)cc2)[C@H](Cc2ccccc2)C(=O)NCC(C)C)c(C)c1. The molecule has 1 N–H and O–H groups in total. The number of nitrogens with zero attached hydrogens (tertiary/aromatic N) is 1. The molecule has 3 aromatic carbocycles. The summed E-state index contributed by atoms with van der Waals surface area (Å²) >= 11 is 6.08. The fourth-order valence-electron chi connectivity index (χ4n) is 3.95. The van der Waals surface area contributed by atoms with E-state index in [1.807, 2.05) is 88.4 Å². The van der Waals surface area contributed by atoms with Crippen LogP contribution in [0.2, 0.25) is 5.02 Å². The summed E-state index contributed by atoms with van der Waals surface area (Å²) in [7, 11) is 0. The standard InChI is InChI=1S/C30H35ClN2O3/c1-21(2)18-32-30(35)27(17-24-8-6-5-7-9-24)33(19-25-11-13-26(31)14-12-25)29(34)20-36-28-15-10-22(3)16-23(28)4/h5-16,21,27H,17-20H2,1-4H3,(H,32,35)/t27-/m1/s1. The van der Waals surface area contributed by atoms with Crippen molar-refractivity contribution in [1.82, 2.24) is 10.2 Å². The molecular formula is C30H35ClN2O3. The maximum atomic E-state index is 13.6. The quantitative estimate of drug-likeness (QED) is 0.360. The van der Waals surface area contributed by atoms with Crippen LogP contribution in [-0.4, -0.2) is 35.9 Å². The summed E-state index contributed by atoms with van der Waals surface area (Å²) in [5.41, 5.74) is 3.95. The smallest absolute Gasteiger partial charge is 0.261 e. The Bertz CT molecular complexity index is 1150. The molecule has 0 spiro atoms. The van der Waals surface area contributed by atoms with Gasteiger partial charge in [0.05, 0.1) is 0 Å². The van der Waals surface area contributed by atoms with Crippen molar-refractivity contribution in [2.75, 3.05) is 13.2 Å². The van der Waals surface area contributed by atoms with E-state index in [4.69, 9.17) is 16.3 Å². The zero-order valence-electron chi connectivity index (χ0n) is 21.5. The number of ether oxygens (including phenoxy) is 1. The summed E-state index contributed by atoms with van der Waals surface area (Å²) in [6.45, 7) is 8.68. The molecule has 5 nitrogen and oxygen atoms in total. The highest BCUT2D eigenvalue weighted by atomic mass is 35.5. The van der Waals surface area contributed by atoms with Gasteiger partial charge < -0.3 is 15.0 Å². The van der Waals surface area contributed by atoms with Crippen molar-refractivity contribution < 1.29 is 14.3 Å². The predicted octanol–water partition coefficient (Wildman–Crippen LogP) is 5.75. The van der Waals surface area contributed by atoms with Crippen molar-refractivity contribution >= 4 is 23.4 Å². The monoisotopic (exact) mass is 506 g/mol. The van der Waals surface area contributed by atoms with Gasteiger partial charge in [-0.3, -0.25) is 9.59 Å². The number of carbonyl (C=O) groups is 2. The number of rotatable bonds is 11. The van der Waals surface area contributed by atoms with Crippen molar-refractivity contribution in [3.8, 4) is 5.75 Å². The molecule has 0 saturated carbocycles. The van der Waals surface area contributed by atoms with Crippen LogP contribution in [0.4, 0.5) is 0 Å². The number of carbonyl (C=O) groups excluding carboxylic acids is 2. The van der Waals surface area contributed by atoms with Crippen molar-refractivity contribution in [1.29, 1.82) is 0 Å². The molecule has 0 unspecified atom stereocenters. The van der Waals surface area contributed by atoms with E-state index in [2.05, 4.69) is 5.32 Å².